The van der Waals surface area contributed by atoms with Crippen molar-refractivity contribution < 1.29 is 49.7 Å². The van der Waals surface area contributed by atoms with E-state index in [2.05, 4.69) is 40.0 Å². The number of halogens is 4. The van der Waals surface area contributed by atoms with Crippen molar-refractivity contribution in [3.8, 4) is 17.1 Å². The van der Waals surface area contributed by atoms with Gasteiger partial charge in [-0.05, 0) is 73.9 Å². The molecule has 2 aliphatic heterocycles. The molecule has 0 radical (unpaired) electrons. The summed E-state index contributed by atoms with van der Waals surface area (Å²) in [5.74, 6) is -1.29. The number of ether oxygens (including phenoxy) is 5. The van der Waals surface area contributed by atoms with Gasteiger partial charge in [0.05, 0.1) is 43.1 Å². The topological polar surface area (TPSA) is 139 Å². The average Bonchev–Trinajstić information content (AvgIpc) is 3.60. The number of anilines is 2. The summed E-state index contributed by atoms with van der Waals surface area (Å²) in [7, 11) is -5.18. The maximum atomic E-state index is 15.7. The van der Waals surface area contributed by atoms with Gasteiger partial charge in [0.25, 0.3) is 0 Å². The van der Waals surface area contributed by atoms with E-state index in [1.165, 1.54) is 10.5 Å². The van der Waals surface area contributed by atoms with Crippen LogP contribution < -0.4 is 14.4 Å². The van der Waals surface area contributed by atoms with E-state index in [1.54, 1.807) is 28.9 Å². The summed E-state index contributed by atoms with van der Waals surface area (Å²) in [5, 5.41) is 8.24. The van der Waals surface area contributed by atoms with Crippen LogP contribution in [0.2, 0.25) is 25.7 Å². The molecule has 2 fully saturated rings. The van der Waals surface area contributed by atoms with Gasteiger partial charge < -0.3 is 29.0 Å². The fraction of sp³-hybridized carbons (Fsp3) is 0.564. The lowest BCUT2D eigenvalue weighted by atomic mass is 10.0. The van der Waals surface area contributed by atoms with Crippen molar-refractivity contribution in [2.24, 2.45) is 0 Å². The molecule has 0 saturated carbocycles. The van der Waals surface area contributed by atoms with E-state index in [1.807, 2.05) is 0 Å². The Hall–Kier alpha value is -3.88. The molecule has 0 aliphatic carbocycles. The number of rotatable bonds is 18. The van der Waals surface area contributed by atoms with Crippen molar-refractivity contribution in [2.45, 2.75) is 95.9 Å². The second-order valence-corrected chi connectivity index (χ2v) is 23.3. The van der Waals surface area contributed by atoms with Crippen LogP contribution in [-0.2, 0) is 41.9 Å². The highest BCUT2D eigenvalue weighted by Crippen LogP contribution is 2.36. The SMILES string of the molecule is C[Si](C)(C)CCOCOc1cc(CC(F)(F)F)c(-c2nc(NCc3ccccc3N(CCOC3CCCCO3)S(C)(=O)=O)c3cnn(C4CCCCO4)c3n2)cc1F. The van der Waals surface area contributed by atoms with Gasteiger partial charge in [-0.1, -0.05) is 37.8 Å². The number of hydrogen-bond acceptors (Lipinski definition) is 11. The monoisotopic (exact) mass is 852 g/mol. The molecule has 19 heteroatoms. The van der Waals surface area contributed by atoms with Crippen LogP contribution in [-0.4, -0.2) is 94.7 Å². The standard InChI is InChI=1S/C39H52F4N6O7SSi/c1-57(50,51)48(15-18-55-35-14-8-10-17-54-35)32-12-6-5-11-27(32)24-44-36-30-25-45-49(34-13-7-9-16-53-34)38(30)47-37(46-36)29-22-31(40)33(21-28(29)23-39(41,42)43)56-26-52-19-20-58(2,3)4/h5-6,11-12,21-22,25,34-35H,7-10,13-20,23-24,26H2,1-4H3,(H,44,46,47). The molecular weight excluding hydrogens is 801 g/mol. The van der Waals surface area contributed by atoms with Crippen LogP contribution in [0.4, 0.5) is 29.1 Å². The smallest absolute Gasteiger partial charge is 0.393 e. The molecule has 0 amide bonds. The first-order valence-electron chi connectivity index (χ1n) is 19.6. The van der Waals surface area contributed by atoms with Gasteiger partial charge in [0, 0.05) is 40.0 Å². The van der Waals surface area contributed by atoms with Crippen LogP contribution in [0.1, 0.15) is 55.9 Å². The van der Waals surface area contributed by atoms with Gasteiger partial charge in [-0.2, -0.15) is 18.3 Å². The molecule has 4 aromatic rings. The van der Waals surface area contributed by atoms with Gasteiger partial charge in [0.15, 0.2) is 42.3 Å². The summed E-state index contributed by atoms with van der Waals surface area (Å²) in [6.07, 6.45) is 0.707. The lowest BCUT2D eigenvalue weighted by molar-refractivity contribution is -0.160. The van der Waals surface area contributed by atoms with E-state index in [-0.39, 0.29) is 60.7 Å². The Morgan fingerprint density at radius 1 is 1.00 bits per heavy atom. The van der Waals surface area contributed by atoms with Crippen molar-refractivity contribution in [1.82, 2.24) is 19.7 Å². The minimum absolute atomic E-state index is 0.0314. The fourth-order valence-corrected chi connectivity index (χ4v) is 8.48. The maximum absolute atomic E-state index is 15.7. The third-order valence-electron chi connectivity index (χ3n) is 9.81. The Balaban J connectivity index is 1.34. The minimum Gasteiger partial charge on any atom is -0.464 e. The molecule has 2 aromatic carbocycles. The Morgan fingerprint density at radius 2 is 1.76 bits per heavy atom. The molecule has 2 saturated heterocycles. The number of fused-ring (bicyclic) bond motifs is 1. The van der Waals surface area contributed by atoms with Crippen LogP contribution in [0.15, 0.2) is 42.6 Å². The van der Waals surface area contributed by atoms with Gasteiger partial charge in [0.1, 0.15) is 5.82 Å². The average molecular weight is 853 g/mol. The predicted molar refractivity (Wildman–Crippen MR) is 214 cm³/mol. The summed E-state index contributed by atoms with van der Waals surface area (Å²) >= 11 is 0. The minimum atomic E-state index is -4.66. The first-order chi connectivity index (χ1) is 27.6. The first kappa shape index (κ1) is 43.7. The second kappa shape index (κ2) is 19.0. The molecule has 1 N–H and O–H groups in total. The number of benzene rings is 2. The number of alkyl halides is 3. The Bertz CT molecular complexity index is 2110. The van der Waals surface area contributed by atoms with Gasteiger partial charge in [0.2, 0.25) is 10.0 Å². The fourth-order valence-electron chi connectivity index (χ4n) is 6.78. The molecule has 0 spiro atoms. The Labute approximate surface area is 337 Å². The van der Waals surface area contributed by atoms with Crippen LogP contribution >= 0.6 is 0 Å². The van der Waals surface area contributed by atoms with E-state index >= 15 is 4.39 Å². The third-order valence-corrected chi connectivity index (χ3v) is 12.7. The normalized spacial score (nSPS) is 18.1. The van der Waals surface area contributed by atoms with Crippen molar-refractivity contribution in [3.05, 3.63) is 59.5 Å². The lowest BCUT2D eigenvalue weighted by Gasteiger charge is -2.27. The molecule has 13 nitrogen and oxygen atoms in total. The van der Waals surface area contributed by atoms with Crippen molar-refractivity contribution in [1.29, 1.82) is 0 Å². The molecule has 0 bridgehead atoms. The number of nitrogens with one attached hydrogen (secondary N) is 1. The van der Waals surface area contributed by atoms with Gasteiger partial charge in [-0.25, -0.2) is 27.5 Å². The molecule has 2 atom stereocenters. The number of hydrogen-bond donors (Lipinski definition) is 1. The molecule has 2 aromatic heterocycles. The number of sulfonamides is 1. The highest BCUT2D eigenvalue weighted by Gasteiger charge is 2.32. The van der Waals surface area contributed by atoms with Gasteiger partial charge >= 0.3 is 6.18 Å². The van der Waals surface area contributed by atoms with E-state index in [0.29, 0.717) is 42.9 Å². The van der Waals surface area contributed by atoms with E-state index in [4.69, 9.17) is 23.7 Å². The van der Waals surface area contributed by atoms with Crippen LogP contribution in [0.3, 0.4) is 0 Å². The van der Waals surface area contributed by atoms with Crippen LogP contribution in [0.5, 0.6) is 5.75 Å². The molecule has 6 rings (SSSR count). The van der Waals surface area contributed by atoms with Gasteiger partial charge in [-0.3, -0.25) is 4.31 Å². The Morgan fingerprint density at radius 3 is 2.45 bits per heavy atom. The van der Waals surface area contributed by atoms with Gasteiger partial charge in [-0.15, -0.1) is 0 Å². The molecule has 4 heterocycles. The Kier molecular flexibility index (Phi) is 14.3. The molecular formula is C39H52F4N6O7SSi. The molecule has 58 heavy (non-hydrogen) atoms. The lowest BCUT2D eigenvalue weighted by Crippen LogP contribution is -2.35. The summed E-state index contributed by atoms with van der Waals surface area (Å²) in [6.45, 7) is 7.83. The first-order valence-corrected chi connectivity index (χ1v) is 25.1. The zero-order valence-corrected chi connectivity index (χ0v) is 35.1. The molecule has 2 unspecified atom stereocenters. The second-order valence-electron chi connectivity index (χ2n) is 15.7. The maximum Gasteiger partial charge on any atom is 0.393 e. The summed E-state index contributed by atoms with van der Waals surface area (Å²) in [6, 6.07) is 9.73. The summed E-state index contributed by atoms with van der Waals surface area (Å²) < 4.78 is 116. The van der Waals surface area contributed by atoms with Crippen molar-refractivity contribution in [2.75, 3.05) is 55.6 Å². The summed E-state index contributed by atoms with van der Waals surface area (Å²) in [4.78, 5) is 9.34. The van der Waals surface area contributed by atoms with E-state index < -0.39 is 49.0 Å². The zero-order valence-electron chi connectivity index (χ0n) is 33.3. The van der Waals surface area contributed by atoms with E-state index in [0.717, 1.165) is 56.5 Å². The molecule has 2 aliphatic rings. The largest absolute Gasteiger partial charge is 0.464 e. The van der Waals surface area contributed by atoms with Crippen LogP contribution in [0.25, 0.3) is 22.4 Å². The third kappa shape index (κ3) is 11.9. The molecule has 318 valence electrons. The summed E-state index contributed by atoms with van der Waals surface area (Å²) in [5.41, 5.74) is 0.760. The number of nitrogens with zero attached hydrogens (tertiary/aromatic N) is 5. The highest BCUT2D eigenvalue weighted by atomic mass is 32.2. The van der Waals surface area contributed by atoms with Crippen molar-refractivity contribution >= 4 is 40.6 Å². The zero-order chi connectivity index (χ0) is 41.5. The quantitative estimate of drug-likeness (QED) is 0.0450. The highest BCUT2D eigenvalue weighted by molar-refractivity contribution is 7.92. The van der Waals surface area contributed by atoms with Crippen molar-refractivity contribution in [3.63, 3.8) is 0 Å². The number of para-hydroxylation sites is 1. The predicted octanol–water partition coefficient (Wildman–Crippen LogP) is 8.05. The number of aromatic nitrogens is 4. The van der Waals surface area contributed by atoms with Crippen LogP contribution in [0, 0.1) is 5.82 Å². The van der Waals surface area contributed by atoms with E-state index in [9.17, 15) is 21.6 Å².